The van der Waals surface area contributed by atoms with Gasteiger partial charge in [0.25, 0.3) is 0 Å². The van der Waals surface area contributed by atoms with Gasteiger partial charge in [-0.15, -0.1) is 0 Å². The monoisotopic (exact) mass is 293 g/mol. The highest BCUT2D eigenvalue weighted by molar-refractivity contribution is 5.83. The Kier molecular flexibility index (Phi) is 7.29. The number of rotatable bonds is 9. The molecule has 1 rings (SSSR count). The molecule has 0 saturated carbocycles. The number of ether oxygens (including phenoxy) is 1. The van der Waals surface area contributed by atoms with E-state index in [0.29, 0.717) is 19.4 Å². The average molecular weight is 293 g/mol. The summed E-state index contributed by atoms with van der Waals surface area (Å²) in [5, 5.41) is 11.6. The molecule has 1 aromatic rings. The first kappa shape index (κ1) is 17.0. The van der Waals surface area contributed by atoms with Crippen LogP contribution >= 0.6 is 0 Å². The Labute approximate surface area is 125 Å². The highest BCUT2D eigenvalue weighted by Crippen LogP contribution is 2.09. The van der Waals surface area contributed by atoms with Gasteiger partial charge in [0.05, 0.1) is 6.61 Å². The Morgan fingerprint density at radius 1 is 1.24 bits per heavy atom. The molecule has 116 valence electrons. The van der Waals surface area contributed by atoms with Crippen LogP contribution in [0, 0.1) is 5.92 Å². The summed E-state index contributed by atoms with van der Waals surface area (Å²) in [7, 11) is 0. The van der Waals surface area contributed by atoms with Crippen LogP contribution in [-0.2, 0) is 9.59 Å². The van der Waals surface area contributed by atoms with Crippen LogP contribution in [0.15, 0.2) is 30.3 Å². The third-order valence-corrected chi connectivity index (χ3v) is 2.90. The molecule has 5 heteroatoms. The van der Waals surface area contributed by atoms with Gasteiger partial charge in [-0.3, -0.25) is 4.79 Å². The summed E-state index contributed by atoms with van der Waals surface area (Å²) in [4.78, 5) is 22.8. The summed E-state index contributed by atoms with van der Waals surface area (Å²) in [6, 6.07) is 8.55. The minimum absolute atomic E-state index is 0.216. The molecule has 0 saturated heterocycles. The standard InChI is InChI=1S/C16H23NO4/c1-12(2)11-14(16(19)20)17-15(18)9-6-10-21-13-7-4-3-5-8-13/h3-5,7-8,12,14H,6,9-11H2,1-2H3,(H,17,18)(H,19,20)/t14-/m1/s1. The van der Waals surface area contributed by atoms with Crippen LogP contribution in [0.3, 0.4) is 0 Å². The highest BCUT2D eigenvalue weighted by Gasteiger charge is 2.20. The number of carboxylic acid groups (broad SMARTS) is 1. The first-order valence-electron chi connectivity index (χ1n) is 7.19. The molecule has 0 radical (unpaired) electrons. The van der Waals surface area contributed by atoms with Crippen molar-refractivity contribution in [2.24, 2.45) is 5.92 Å². The number of aliphatic carboxylic acids is 1. The third-order valence-electron chi connectivity index (χ3n) is 2.90. The van der Waals surface area contributed by atoms with E-state index in [0.717, 1.165) is 5.75 Å². The minimum Gasteiger partial charge on any atom is -0.494 e. The largest absolute Gasteiger partial charge is 0.494 e. The quantitative estimate of drug-likeness (QED) is 0.686. The SMILES string of the molecule is CC(C)C[C@@H](NC(=O)CCCOc1ccccc1)C(=O)O. The molecule has 5 nitrogen and oxygen atoms in total. The fraction of sp³-hybridized carbons (Fsp3) is 0.500. The topological polar surface area (TPSA) is 75.6 Å². The maximum absolute atomic E-state index is 11.7. The van der Waals surface area contributed by atoms with Crippen LogP contribution in [0.5, 0.6) is 5.75 Å². The lowest BCUT2D eigenvalue weighted by Crippen LogP contribution is -2.41. The molecule has 1 atom stereocenters. The van der Waals surface area contributed by atoms with Gasteiger partial charge in [0.1, 0.15) is 11.8 Å². The number of hydrogen-bond acceptors (Lipinski definition) is 3. The molecule has 0 bridgehead atoms. The summed E-state index contributed by atoms with van der Waals surface area (Å²) in [6.45, 7) is 4.28. The molecule has 0 spiro atoms. The van der Waals surface area contributed by atoms with Crippen LogP contribution in [-0.4, -0.2) is 29.6 Å². The molecule has 0 heterocycles. The lowest BCUT2D eigenvalue weighted by Gasteiger charge is -2.16. The van der Waals surface area contributed by atoms with Crippen molar-refractivity contribution in [1.82, 2.24) is 5.32 Å². The summed E-state index contributed by atoms with van der Waals surface area (Å²) in [5.41, 5.74) is 0. The zero-order valence-corrected chi connectivity index (χ0v) is 12.5. The van der Waals surface area contributed by atoms with Crippen molar-refractivity contribution in [2.45, 2.75) is 39.2 Å². The number of nitrogens with one attached hydrogen (secondary N) is 1. The van der Waals surface area contributed by atoms with E-state index in [2.05, 4.69) is 5.32 Å². The Morgan fingerprint density at radius 2 is 1.90 bits per heavy atom. The smallest absolute Gasteiger partial charge is 0.326 e. The van der Waals surface area contributed by atoms with E-state index in [1.165, 1.54) is 0 Å². The Morgan fingerprint density at radius 3 is 2.48 bits per heavy atom. The van der Waals surface area contributed by atoms with Gasteiger partial charge in [-0.25, -0.2) is 4.79 Å². The van der Waals surface area contributed by atoms with Crippen LogP contribution in [0.2, 0.25) is 0 Å². The van der Waals surface area contributed by atoms with Gasteiger partial charge < -0.3 is 15.2 Å². The van der Waals surface area contributed by atoms with Crippen LogP contribution < -0.4 is 10.1 Å². The molecule has 1 aromatic carbocycles. The lowest BCUT2D eigenvalue weighted by atomic mass is 10.0. The maximum atomic E-state index is 11.7. The van der Waals surface area contributed by atoms with Crippen molar-refractivity contribution >= 4 is 11.9 Å². The number of para-hydroxylation sites is 1. The van der Waals surface area contributed by atoms with Crippen LogP contribution in [0.25, 0.3) is 0 Å². The van der Waals surface area contributed by atoms with E-state index in [9.17, 15) is 9.59 Å². The first-order valence-corrected chi connectivity index (χ1v) is 7.19. The fourth-order valence-electron chi connectivity index (χ4n) is 1.90. The maximum Gasteiger partial charge on any atom is 0.326 e. The number of amides is 1. The Balaban J connectivity index is 2.25. The molecule has 1 amide bonds. The normalized spacial score (nSPS) is 12.0. The summed E-state index contributed by atoms with van der Waals surface area (Å²) < 4.78 is 5.48. The fourth-order valence-corrected chi connectivity index (χ4v) is 1.90. The number of carbonyl (C=O) groups is 2. The molecule has 0 fully saturated rings. The molecule has 2 N–H and O–H groups in total. The van der Waals surface area contributed by atoms with E-state index < -0.39 is 12.0 Å². The van der Waals surface area contributed by atoms with E-state index in [1.807, 2.05) is 44.2 Å². The van der Waals surface area contributed by atoms with Gasteiger partial charge in [-0.1, -0.05) is 32.0 Å². The van der Waals surface area contributed by atoms with Crippen molar-refractivity contribution in [1.29, 1.82) is 0 Å². The predicted molar refractivity (Wildman–Crippen MR) is 80.2 cm³/mol. The van der Waals surface area contributed by atoms with E-state index in [-0.39, 0.29) is 18.2 Å². The third kappa shape index (κ3) is 7.34. The minimum atomic E-state index is -0.988. The van der Waals surface area contributed by atoms with Gasteiger partial charge in [-0.2, -0.15) is 0 Å². The van der Waals surface area contributed by atoms with Crippen LogP contribution in [0.1, 0.15) is 33.1 Å². The van der Waals surface area contributed by atoms with E-state index in [4.69, 9.17) is 9.84 Å². The summed E-state index contributed by atoms with van der Waals surface area (Å²) >= 11 is 0. The summed E-state index contributed by atoms with van der Waals surface area (Å²) in [5.74, 6) is -0.258. The van der Waals surface area contributed by atoms with Crippen molar-refractivity contribution in [2.75, 3.05) is 6.61 Å². The molecule has 0 aliphatic heterocycles. The predicted octanol–water partition coefficient (Wildman–Crippen LogP) is 2.46. The van der Waals surface area contributed by atoms with Gasteiger partial charge >= 0.3 is 5.97 Å². The molecule has 0 aromatic heterocycles. The first-order chi connectivity index (χ1) is 9.99. The number of carboxylic acids is 1. The van der Waals surface area contributed by atoms with Crippen molar-refractivity contribution in [3.8, 4) is 5.75 Å². The summed E-state index contributed by atoms with van der Waals surface area (Å²) in [6.07, 6.45) is 1.24. The molecule has 0 unspecified atom stereocenters. The van der Waals surface area contributed by atoms with Gasteiger partial charge in [0.15, 0.2) is 0 Å². The Bertz CT molecular complexity index is 445. The molecular weight excluding hydrogens is 270 g/mol. The van der Waals surface area contributed by atoms with Crippen molar-refractivity contribution in [3.05, 3.63) is 30.3 Å². The lowest BCUT2D eigenvalue weighted by molar-refractivity contribution is -0.142. The number of hydrogen-bond donors (Lipinski definition) is 2. The molecule has 0 aliphatic carbocycles. The number of carbonyl (C=O) groups excluding carboxylic acids is 1. The molecular formula is C16H23NO4. The van der Waals surface area contributed by atoms with Gasteiger partial charge in [-0.05, 0) is 30.9 Å². The van der Waals surface area contributed by atoms with Crippen molar-refractivity contribution < 1.29 is 19.4 Å². The second kappa shape index (κ2) is 9.00. The number of benzene rings is 1. The van der Waals surface area contributed by atoms with Gasteiger partial charge in [0.2, 0.25) is 5.91 Å². The average Bonchev–Trinajstić information content (AvgIpc) is 2.43. The van der Waals surface area contributed by atoms with E-state index >= 15 is 0 Å². The molecule has 0 aliphatic rings. The highest BCUT2D eigenvalue weighted by atomic mass is 16.5. The Hall–Kier alpha value is -2.04. The molecule has 21 heavy (non-hydrogen) atoms. The second-order valence-corrected chi connectivity index (χ2v) is 5.35. The van der Waals surface area contributed by atoms with E-state index in [1.54, 1.807) is 0 Å². The zero-order chi connectivity index (χ0) is 15.7. The van der Waals surface area contributed by atoms with Crippen molar-refractivity contribution in [3.63, 3.8) is 0 Å². The van der Waals surface area contributed by atoms with Crippen LogP contribution in [0.4, 0.5) is 0 Å². The zero-order valence-electron chi connectivity index (χ0n) is 12.5. The second-order valence-electron chi connectivity index (χ2n) is 5.35. The van der Waals surface area contributed by atoms with Gasteiger partial charge in [0, 0.05) is 6.42 Å².